The summed E-state index contributed by atoms with van der Waals surface area (Å²) in [5.74, 6) is 1.78. The zero-order valence-corrected chi connectivity index (χ0v) is 29.3. The lowest BCUT2D eigenvalue weighted by Gasteiger charge is -2.22. The van der Waals surface area contributed by atoms with Crippen molar-refractivity contribution in [1.29, 1.82) is 0 Å². The van der Waals surface area contributed by atoms with Crippen LogP contribution in [0, 0.1) is 0 Å². The minimum atomic E-state index is -0.181. The van der Waals surface area contributed by atoms with Gasteiger partial charge in [0.25, 0.3) is 0 Å². The lowest BCUT2D eigenvalue weighted by Crippen LogP contribution is -2.15. The van der Waals surface area contributed by atoms with E-state index in [2.05, 4.69) is 181 Å². The van der Waals surface area contributed by atoms with Crippen molar-refractivity contribution >= 4 is 43.6 Å². The molecule has 0 bridgehead atoms. The van der Waals surface area contributed by atoms with Gasteiger partial charge in [-0.05, 0) is 57.6 Å². The van der Waals surface area contributed by atoms with E-state index < -0.39 is 0 Å². The highest BCUT2D eigenvalue weighted by Gasteiger charge is 2.38. The lowest BCUT2D eigenvalue weighted by atomic mass is 9.80. The van der Waals surface area contributed by atoms with Gasteiger partial charge < -0.3 is 0 Å². The molecule has 0 N–H and O–H groups in total. The number of fused-ring (bicyclic) bond motifs is 10. The molecule has 1 aliphatic rings. The average Bonchev–Trinajstić information content (AvgIpc) is 3.81. The fraction of sp³-hybridized carbons (Fsp3) is 0.0625. The normalized spacial score (nSPS) is 13.2. The first-order valence-corrected chi connectivity index (χ1v) is 18.1. The van der Waals surface area contributed by atoms with Crippen LogP contribution in [0.1, 0.15) is 25.0 Å². The Morgan fingerprint density at radius 1 is 0.396 bits per heavy atom. The Bertz CT molecular complexity index is 3020. The molecule has 0 saturated heterocycles. The second-order valence-electron chi connectivity index (χ2n) is 14.5. The highest BCUT2D eigenvalue weighted by Crippen LogP contribution is 2.53. The molecule has 1 aliphatic carbocycles. The largest absolute Gasteiger partial charge is 0.278 e. The van der Waals surface area contributed by atoms with Crippen molar-refractivity contribution in [2.75, 3.05) is 0 Å². The van der Waals surface area contributed by atoms with Gasteiger partial charge in [0.15, 0.2) is 5.82 Å². The molecule has 5 nitrogen and oxygen atoms in total. The third-order valence-electron chi connectivity index (χ3n) is 11.2. The molecule has 0 aliphatic heterocycles. The van der Waals surface area contributed by atoms with Crippen molar-refractivity contribution in [3.05, 3.63) is 175 Å². The van der Waals surface area contributed by atoms with Crippen LogP contribution in [0.15, 0.2) is 164 Å². The number of benzene rings is 7. The van der Waals surface area contributed by atoms with E-state index in [0.29, 0.717) is 17.7 Å². The van der Waals surface area contributed by atoms with E-state index in [1.54, 1.807) is 0 Å². The van der Waals surface area contributed by atoms with Gasteiger partial charge in [-0.1, -0.05) is 153 Å². The summed E-state index contributed by atoms with van der Waals surface area (Å²) in [4.78, 5) is 16.0. The molecule has 250 valence electrons. The fourth-order valence-corrected chi connectivity index (χ4v) is 8.81. The Morgan fingerprint density at radius 2 is 0.906 bits per heavy atom. The van der Waals surface area contributed by atoms with Gasteiger partial charge in [-0.3, -0.25) is 9.13 Å². The van der Waals surface area contributed by atoms with E-state index in [1.165, 1.54) is 38.6 Å². The molecule has 7 aromatic carbocycles. The second-order valence-corrected chi connectivity index (χ2v) is 14.5. The molecule has 0 spiro atoms. The number of hydrogen-bond acceptors (Lipinski definition) is 3. The molecule has 5 heteroatoms. The van der Waals surface area contributed by atoms with Crippen LogP contribution >= 0.6 is 0 Å². The molecule has 10 aromatic rings. The SMILES string of the molecule is CC1(C)c2ccccc2-c2ccc3c(c21)c1ccccc1n3-c1nc(-c2ccc(-c3ccccc3)cc2)nc(-n2c3ccccc3c3ccccc32)n1. The summed E-state index contributed by atoms with van der Waals surface area (Å²) in [5, 5.41) is 4.75. The first kappa shape index (κ1) is 29.8. The van der Waals surface area contributed by atoms with Crippen molar-refractivity contribution in [3.8, 4) is 45.5 Å². The molecule has 0 unspecified atom stereocenters. The van der Waals surface area contributed by atoms with Crippen molar-refractivity contribution in [3.63, 3.8) is 0 Å². The van der Waals surface area contributed by atoms with Crippen molar-refractivity contribution in [2.45, 2.75) is 19.3 Å². The molecule has 0 radical (unpaired) electrons. The summed E-state index contributed by atoms with van der Waals surface area (Å²) in [6.07, 6.45) is 0. The topological polar surface area (TPSA) is 48.5 Å². The van der Waals surface area contributed by atoms with Gasteiger partial charge in [0, 0.05) is 32.5 Å². The third kappa shape index (κ3) is 4.28. The summed E-state index contributed by atoms with van der Waals surface area (Å²) in [6, 6.07) is 58.0. The summed E-state index contributed by atoms with van der Waals surface area (Å²) < 4.78 is 4.42. The number of hydrogen-bond donors (Lipinski definition) is 0. The second kappa shape index (κ2) is 11.1. The minimum Gasteiger partial charge on any atom is -0.278 e. The first-order chi connectivity index (χ1) is 26.1. The van der Waals surface area contributed by atoms with Gasteiger partial charge in [-0.25, -0.2) is 0 Å². The van der Waals surface area contributed by atoms with Crippen LogP contribution in [-0.4, -0.2) is 24.1 Å². The van der Waals surface area contributed by atoms with Gasteiger partial charge in [0.05, 0.1) is 22.1 Å². The van der Waals surface area contributed by atoms with E-state index >= 15 is 0 Å². The minimum absolute atomic E-state index is 0.181. The lowest BCUT2D eigenvalue weighted by molar-refractivity contribution is 0.666. The van der Waals surface area contributed by atoms with Crippen LogP contribution in [0.3, 0.4) is 0 Å². The Morgan fingerprint density at radius 3 is 1.58 bits per heavy atom. The maximum Gasteiger partial charge on any atom is 0.240 e. The zero-order valence-electron chi connectivity index (χ0n) is 29.3. The highest BCUT2D eigenvalue weighted by molar-refractivity contribution is 6.14. The quantitative estimate of drug-likeness (QED) is 0.186. The van der Waals surface area contributed by atoms with Gasteiger partial charge in [-0.2, -0.15) is 15.0 Å². The molecule has 0 saturated carbocycles. The van der Waals surface area contributed by atoms with Crippen LogP contribution in [0.25, 0.3) is 89.2 Å². The molecule has 53 heavy (non-hydrogen) atoms. The standard InChI is InChI=1S/C48H33N5/c1-48(2)38-20-10-6-16-33(38)36-28-29-42-43(44(36)48)37-19-9-13-23-41(37)53(42)47-50-45(32-26-24-31(25-27-32)30-14-4-3-5-15-30)49-46(51-47)52-39-21-11-7-17-34(39)35-18-8-12-22-40(35)52/h3-29H,1-2H3. The Kier molecular flexibility index (Phi) is 6.23. The van der Waals surface area contributed by atoms with Gasteiger partial charge >= 0.3 is 0 Å². The Labute approximate surface area is 306 Å². The molecule has 3 aromatic heterocycles. The molecule has 0 amide bonds. The average molecular weight is 680 g/mol. The molecule has 3 heterocycles. The molecular formula is C48H33N5. The first-order valence-electron chi connectivity index (χ1n) is 18.1. The third-order valence-corrected chi connectivity index (χ3v) is 11.2. The fourth-order valence-electron chi connectivity index (χ4n) is 8.81. The van der Waals surface area contributed by atoms with E-state index in [0.717, 1.165) is 44.0 Å². The van der Waals surface area contributed by atoms with Gasteiger partial charge in [0.1, 0.15) is 0 Å². The van der Waals surface area contributed by atoms with Crippen LogP contribution in [0.5, 0.6) is 0 Å². The zero-order chi connectivity index (χ0) is 35.3. The number of para-hydroxylation sites is 3. The van der Waals surface area contributed by atoms with Crippen molar-refractivity contribution in [1.82, 2.24) is 24.1 Å². The number of nitrogens with zero attached hydrogens (tertiary/aromatic N) is 5. The van der Waals surface area contributed by atoms with Crippen LogP contribution < -0.4 is 0 Å². The van der Waals surface area contributed by atoms with Crippen LogP contribution in [0.2, 0.25) is 0 Å². The molecule has 11 rings (SSSR count). The Balaban J connectivity index is 1.21. The monoisotopic (exact) mass is 679 g/mol. The molecular weight excluding hydrogens is 647 g/mol. The van der Waals surface area contributed by atoms with E-state index in [1.807, 2.05) is 6.07 Å². The summed E-state index contributed by atoms with van der Waals surface area (Å²) in [5.41, 5.74) is 12.6. The van der Waals surface area contributed by atoms with E-state index in [-0.39, 0.29) is 5.41 Å². The smallest absolute Gasteiger partial charge is 0.240 e. The number of aromatic nitrogens is 5. The molecule has 0 atom stereocenters. The van der Waals surface area contributed by atoms with Crippen LogP contribution in [-0.2, 0) is 5.41 Å². The summed E-state index contributed by atoms with van der Waals surface area (Å²) in [7, 11) is 0. The predicted molar refractivity (Wildman–Crippen MR) is 217 cm³/mol. The predicted octanol–water partition coefficient (Wildman–Crippen LogP) is 11.7. The number of rotatable bonds is 4. The van der Waals surface area contributed by atoms with Crippen LogP contribution in [0.4, 0.5) is 0 Å². The van der Waals surface area contributed by atoms with Crippen molar-refractivity contribution in [2.24, 2.45) is 0 Å². The van der Waals surface area contributed by atoms with Crippen molar-refractivity contribution < 1.29 is 0 Å². The Hall–Kier alpha value is -6.85. The highest BCUT2D eigenvalue weighted by atomic mass is 15.3. The van der Waals surface area contributed by atoms with E-state index in [9.17, 15) is 0 Å². The summed E-state index contributed by atoms with van der Waals surface area (Å²) >= 11 is 0. The summed E-state index contributed by atoms with van der Waals surface area (Å²) in [6.45, 7) is 4.70. The van der Waals surface area contributed by atoms with E-state index in [4.69, 9.17) is 15.0 Å². The van der Waals surface area contributed by atoms with Gasteiger partial charge in [-0.15, -0.1) is 0 Å². The maximum absolute atomic E-state index is 5.38. The molecule has 0 fully saturated rings. The van der Waals surface area contributed by atoms with Gasteiger partial charge in [0.2, 0.25) is 11.9 Å². The maximum atomic E-state index is 5.38.